The van der Waals surface area contributed by atoms with Crippen molar-refractivity contribution in [2.75, 3.05) is 13.2 Å². The summed E-state index contributed by atoms with van der Waals surface area (Å²) >= 11 is 7.00. The van der Waals surface area contributed by atoms with E-state index in [-0.39, 0.29) is 25.3 Å². The molecule has 2 rings (SSSR count). The summed E-state index contributed by atoms with van der Waals surface area (Å²) in [5.74, 6) is -2.07. The van der Waals surface area contributed by atoms with Crippen molar-refractivity contribution in [3.63, 3.8) is 0 Å². The summed E-state index contributed by atoms with van der Waals surface area (Å²) in [7, 11) is 0. The second kappa shape index (κ2) is 11.8. The number of rotatable bonds is 9. The van der Waals surface area contributed by atoms with Crippen LogP contribution in [0.5, 0.6) is 0 Å². The molecule has 2 aromatic rings. The molecule has 1 aromatic heterocycles. The monoisotopic (exact) mass is 586 g/mol. The van der Waals surface area contributed by atoms with E-state index in [1.807, 2.05) is 30.3 Å². The second-order valence-corrected chi connectivity index (χ2v) is 9.46. The molecule has 0 bridgehead atoms. The van der Waals surface area contributed by atoms with Crippen molar-refractivity contribution in [2.24, 2.45) is 0 Å². The first-order chi connectivity index (χ1) is 15.5. The summed E-state index contributed by atoms with van der Waals surface area (Å²) in [4.78, 5) is 38.1. The van der Waals surface area contributed by atoms with Gasteiger partial charge in [-0.2, -0.15) is 0 Å². The van der Waals surface area contributed by atoms with Crippen LogP contribution in [0.15, 0.2) is 39.4 Å². The number of benzene rings is 1. The van der Waals surface area contributed by atoms with Crippen LogP contribution in [0.25, 0.3) is 5.69 Å². The summed E-state index contributed by atoms with van der Waals surface area (Å²) in [5.41, 5.74) is 0.723. The third kappa shape index (κ3) is 6.91. The lowest BCUT2D eigenvalue weighted by Crippen LogP contribution is -2.47. The van der Waals surface area contributed by atoms with Gasteiger partial charge in [0.1, 0.15) is 10.2 Å². The van der Waals surface area contributed by atoms with Crippen LogP contribution in [0.4, 0.5) is 0 Å². The van der Waals surface area contributed by atoms with Crippen molar-refractivity contribution in [1.29, 1.82) is 0 Å². The molecule has 8 nitrogen and oxygen atoms in total. The van der Waals surface area contributed by atoms with E-state index in [4.69, 9.17) is 14.2 Å². The number of hydrogen-bond donors (Lipinski definition) is 1. The molecule has 1 N–H and O–H groups in total. The normalized spacial score (nSPS) is 12.2. The molecule has 0 aliphatic carbocycles. The average Bonchev–Trinajstić information content (AvgIpc) is 2.98. The second-order valence-electron chi connectivity index (χ2n) is 7.92. The number of halogens is 2. The van der Waals surface area contributed by atoms with Crippen LogP contribution in [0.2, 0.25) is 0 Å². The Hall–Kier alpha value is -2.17. The van der Waals surface area contributed by atoms with E-state index in [0.29, 0.717) is 14.8 Å². The quantitative estimate of drug-likeness (QED) is 0.261. The molecule has 0 spiro atoms. The molecule has 33 heavy (non-hydrogen) atoms. The van der Waals surface area contributed by atoms with Crippen molar-refractivity contribution in [3.05, 3.63) is 50.7 Å². The zero-order valence-electron chi connectivity index (χ0n) is 19.2. The van der Waals surface area contributed by atoms with E-state index in [2.05, 4.69) is 37.2 Å². The average molecular weight is 588 g/mol. The van der Waals surface area contributed by atoms with Crippen molar-refractivity contribution in [1.82, 2.24) is 9.88 Å². The van der Waals surface area contributed by atoms with Crippen LogP contribution in [0.1, 0.15) is 50.7 Å². The van der Waals surface area contributed by atoms with E-state index >= 15 is 0 Å². The number of carbonyl (C=O) groups is 3. The topological polar surface area (TPSA) is 95.9 Å². The summed E-state index contributed by atoms with van der Waals surface area (Å²) in [6.45, 7) is 8.75. The van der Waals surface area contributed by atoms with Crippen LogP contribution in [0.3, 0.4) is 0 Å². The zero-order chi connectivity index (χ0) is 24.8. The SMILES string of the molecule is CCOC(=O)c1c(Br)c(Br)n(-c2ccccc2)c1CNC(C(=O)OCC)C(=O)OC(C)(C)C. The Morgan fingerprint density at radius 2 is 1.61 bits per heavy atom. The predicted molar refractivity (Wildman–Crippen MR) is 130 cm³/mol. The molecule has 1 aromatic carbocycles. The molecular formula is C23H28Br2N2O6. The highest BCUT2D eigenvalue weighted by Crippen LogP contribution is 2.36. The highest BCUT2D eigenvalue weighted by molar-refractivity contribution is 9.13. The van der Waals surface area contributed by atoms with Crippen molar-refractivity contribution in [2.45, 2.75) is 52.8 Å². The van der Waals surface area contributed by atoms with Gasteiger partial charge in [0.15, 0.2) is 0 Å². The predicted octanol–water partition coefficient (Wildman–Crippen LogP) is 4.54. The first-order valence-corrected chi connectivity index (χ1v) is 12.0. The summed E-state index contributed by atoms with van der Waals surface area (Å²) < 4.78 is 18.6. The van der Waals surface area contributed by atoms with E-state index in [1.54, 1.807) is 39.2 Å². The Kier molecular flexibility index (Phi) is 9.69. The molecule has 0 saturated carbocycles. The van der Waals surface area contributed by atoms with Gasteiger partial charge in [-0.05, 0) is 78.6 Å². The van der Waals surface area contributed by atoms with Crippen molar-refractivity contribution >= 4 is 49.8 Å². The lowest BCUT2D eigenvalue weighted by molar-refractivity contribution is -0.165. The largest absolute Gasteiger partial charge is 0.464 e. The van der Waals surface area contributed by atoms with Crippen LogP contribution in [-0.2, 0) is 30.3 Å². The minimum atomic E-state index is -1.38. The van der Waals surface area contributed by atoms with Gasteiger partial charge < -0.3 is 18.8 Å². The summed E-state index contributed by atoms with van der Waals surface area (Å²) in [6, 6.07) is 7.95. The van der Waals surface area contributed by atoms with Gasteiger partial charge in [-0.15, -0.1) is 0 Å². The van der Waals surface area contributed by atoms with Crippen molar-refractivity contribution < 1.29 is 28.6 Å². The number of hydrogen-bond acceptors (Lipinski definition) is 7. The highest BCUT2D eigenvalue weighted by atomic mass is 79.9. The van der Waals surface area contributed by atoms with E-state index in [0.717, 1.165) is 5.69 Å². The molecule has 0 fully saturated rings. The Morgan fingerprint density at radius 3 is 2.15 bits per heavy atom. The first-order valence-electron chi connectivity index (χ1n) is 10.5. The maximum absolute atomic E-state index is 12.8. The Morgan fingerprint density at radius 1 is 1.00 bits per heavy atom. The molecule has 10 heteroatoms. The zero-order valence-corrected chi connectivity index (χ0v) is 22.4. The van der Waals surface area contributed by atoms with Gasteiger partial charge in [-0.1, -0.05) is 18.2 Å². The van der Waals surface area contributed by atoms with Gasteiger partial charge >= 0.3 is 17.9 Å². The lowest BCUT2D eigenvalue weighted by atomic mass is 10.1. The summed E-state index contributed by atoms with van der Waals surface area (Å²) in [5, 5.41) is 2.91. The lowest BCUT2D eigenvalue weighted by Gasteiger charge is -2.24. The van der Waals surface area contributed by atoms with Crippen LogP contribution in [-0.4, -0.2) is 47.3 Å². The fourth-order valence-electron chi connectivity index (χ4n) is 3.03. The number of esters is 3. The maximum atomic E-state index is 12.8. The molecule has 1 unspecified atom stereocenters. The number of ether oxygens (including phenoxy) is 3. The molecule has 0 aliphatic rings. The third-order valence-corrected chi connectivity index (χ3v) is 6.34. The Bertz CT molecular complexity index is 999. The number of para-hydroxylation sites is 1. The third-order valence-electron chi connectivity index (χ3n) is 4.29. The van der Waals surface area contributed by atoms with Gasteiger partial charge in [0.25, 0.3) is 0 Å². The summed E-state index contributed by atoms with van der Waals surface area (Å²) in [6.07, 6.45) is 0. The molecule has 0 aliphatic heterocycles. The number of nitrogens with one attached hydrogen (secondary N) is 1. The molecule has 0 amide bonds. The van der Waals surface area contributed by atoms with Crippen molar-refractivity contribution in [3.8, 4) is 5.69 Å². The van der Waals surface area contributed by atoms with Gasteiger partial charge in [-0.25, -0.2) is 14.4 Å². The maximum Gasteiger partial charge on any atom is 0.341 e. The minimum absolute atomic E-state index is 0.0318. The highest BCUT2D eigenvalue weighted by Gasteiger charge is 2.34. The van der Waals surface area contributed by atoms with E-state index in [9.17, 15) is 14.4 Å². The fraction of sp³-hybridized carbons (Fsp3) is 0.435. The molecule has 0 saturated heterocycles. The van der Waals surface area contributed by atoms with Crippen LogP contribution in [0, 0.1) is 0 Å². The van der Waals surface area contributed by atoms with E-state index < -0.39 is 29.6 Å². The number of aromatic nitrogens is 1. The molecule has 1 atom stereocenters. The first kappa shape index (κ1) is 27.1. The smallest absolute Gasteiger partial charge is 0.341 e. The molecule has 1 heterocycles. The van der Waals surface area contributed by atoms with E-state index in [1.165, 1.54) is 0 Å². The van der Waals surface area contributed by atoms with Gasteiger partial charge in [0.2, 0.25) is 6.04 Å². The standard InChI is InChI=1S/C23H28Br2N2O6/c1-6-31-20(28)16-15(27(19(25)17(16)24)14-11-9-8-10-12-14)13-26-18(21(29)32-7-2)22(30)33-23(3,4)5/h8-12,18,26H,6-7,13H2,1-5H3. The molecule has 0 radical (unpaired) electrons. The van der Waals surface area contributed by atoms with Gasteiger partial charge in [-0.3, -0.25) is 5.32 Å². The Labute approximate surface area is 210 Å². The van der Waals surface area contributed by atoms with Gasteiger partial charge in [0.05, 0.1) is 28.9 Å². The number of nitrogens with zero attached hydrogens (tertiary/aromatic N) is 1. The van der Waals surface area contributed by atoms with Gasteiger partial charge in [0, 0.05) is 12.2 Å². The molecular weight excluding hydrogens is 560 g/mol. The molecule has 180 valence electrons. The minimum Gasteiger partial charge on any atom is -0.464 e. The Balaban J connectivity index is 2.52. The fourth-order valence-corrected chi connectivity index (χ4v) is 4.22. The number of carbonyl (C=O) groups excluding carboxylic acids is 3. The van der Waals surface area contributed by atoms with Crippen LogP contribution < -0.4 is 5.32 Å². The van der Waals surface area contributed by atoms with Crippen LogP contribution >= 0.6 is 31.9 Å².